The SMILES string of the molecule is CNCCN(C)C(=O)C1CC(=O)N(c2ccc(C)cc2F)C1.Cl. The van der Waals surface area contributed by atoms with Gasteiger partial charge in [0.1, 0.15) is 5.82 Å². The van der Waals surface area contributed by atoms with Crippen molar-refractivity contribution in [1.82, 2.24) is 10.2 Å². The zero-order valence-corrected chi connectivity index (χ0v) is 14.5. The molecule has 0 aliphatic carbocycles. The number of likely N-dealkylation sites (N-methyl/N-ethyl adjacent to an activating group) is 2. The molecule has 0 bridgehead atoms. The number of anilines is 1. The highest BCUT2D eigenvalue weighted by Crippen LogP contribution is 2.28. The van der Waals surface area contributed by atoms with Crippen LogP contribution in [0.25, 0.3) is 0 Å². The molecule has 0 saturated carbocycles. The van der Waals surface area contributed by atoms with Crippen LogP contribution in [-0.2, 0) is 9.59 Å². The third-order valence-corrected chi connectivity index (χ3v) is 3.94. The molecule has 23 heavy (non-hydrogen) atoms. The molecule has 1 unspecified atom stereocenters. The zero-order chi connectivity index (χ0) is 16.3. The van der Waals surface area contributed by atoms with Gasteiger partial charge in [-0.25, -0.2) is 4.39 Å². The molecule has 1 saturated heterocycles. The van der Waals surface area contributed by atoms with E-state index in [0.29, 0.717) is 13.1 Å². The standard InChI is InChI=1S/C16H22FN3O2.ClH/c1-11-4-5-14(13(17)8-11)20-10-12(9-15(20)21)16(22)19(3)7-6-18-2;/h4-5,8,12,18H,6-7,9-10H2,1-3H3;1H. The van der Waals surface area contributed by atoms with Gasteiger partial charge in [-0.2, -0.15) is 0 Å². The van der Waals surface area contributed by atoms with Crippen molar-refractivity contribution in [2.45, 2.75) is 13.3 Å². The average molecular weight is 344 g/mol. The normalized spacial score (nSPS) is 17.1. The summed E-state index contributed by atoms with van der Waals surface area (Å²) in [7, 11) is 3.54. The fraction of sp³-hybridized carbons (Fsp3) is 0.500. The highest BCUT2D eigenvalue weighted by atomic mass is 35.5. The second-order valence-electron chi connectivity index (χ2n) is 5.72. The van der Waals surface area contributed by atoms with Gasteiger partial charge in [-0.15, -0.1) is 12.4 Å². The molecule has 1 N–H and O–H groups in total. The van der Waals surface area contributed by atoms with Gasteiger partial charge in [0.05, 0.1) is 11.6 Å². The van der Waals surface area contributed by atoms with Gasteiger partial charge >= 0.3 is 0 Å². The van der Waals surface area contributed by atoms with Crippen molar-refractivity contribution >= 4 is 29.9 Å². The number of hydrogen-bond donors (Lipinski definition) is 1. The molecule has 0 spiro atoms. The van der Waals surface area contributed by atoms with Crippen molar-refractivity contribution in [1.29, 1.82) is 0 Å². The predicted molar refractivity (Wildman–Crippen MR) is 90.4 cm³/mol. The molecular weight excluding hydrogens is 321 g/mol. The summed E-state index contributed by atoms with van der Waals surface area (Å²) >= 11 is 0. The van der Waals surface area contributed by atoms with Gasteiger partial charge in [0, 0.05) is 33.1 Å². The molecule has 7 heteroatoms. The Bertz CT molecular complexity index is 582. The second-order valence-corrected chi connectivity index (χ2v) is 5.72. The van der Waals surface area contributed by atoms with Gasteiger partial charge in [-0.05, 0) is 31.7 Å². The van der Waals surface area contributed by atoms with Crippen molar-refractivity contribution in [3.8, 4) is 0 Å². The number of rotatable bonds is 5. The fourth-order valence-electron chi connectivity index (χ4n) is 2.64. The maximum absolute atomic E-state index is 14.0. The zero-order valence-electron chi connectivity index (χ0n) is 13.6. The number of aryl methyl sites for hydroxylation is 1. The maximum Gasteiger partial charge on any atom is 0.227 e. The molecule has 2 amide bonds. The lowest BCUT2D eigenvalue weighted by atomic mass is 10.1. The quantitative estimate of drug-likeness (QED) is 0.883. The number of halogens is 2. The van der Waals surface area contributed by atoms with Crippen molar-refractivity contribution in [2.24, 2.45) is 5.92 Å². The number of nitrogens with one attached hydrogen (secondary N) is 1. The highest BCUT2D eigenvalue weighted by molar-refractivity contribution is 6.00. The Balaban J connectivity index is 0.00000264. The molecule has 1 fully saturated rings. The van der Waals surface area contributed by atoms with Crippen molar-refractivity contribution in [3.63, 3.8) is 0 Å². The number of hydrogen-bond acceptors (Lipinski definition) is 3. The molecule has 5 nitrogen and oxygen atoms in total. The van der Waals surface area contributed by atoms with Crippen LogP contribution in [0.1, 0.15) is 12.0 Å². The van der Waals surface area contributed by atoms with Crippen LogP contribution in [0.15, 0.2) is 18.2 Å². The second kappa shape index (κ2) is 8.26. The Kier molecular flexibility index (Phi) is 6.97. The summed E-state index contributed by atoms with van der Waals surface area (Å²) in [5.41, 5.74) is 1.05. The first-order valence-electron chi connectivity index (χ1n) is 7.40. The van der Waals surface area contributed by atoms with Gasteiger partial charge in [0.2, 0.25) is 11.8 Å². The monoisotopic (exact) mass is 343 g/mol. The van der Waals surface area contributed by atoms with E-state index >= 15 is 0 Å². The van der Waals surface area contributed by atoms with E-state index < -0.39 is 11.7 Å². The summed E-state index contributed by atoms with van der Waals surface area (Å²) < 4.78 is 14.0. The predicted octanol–water partition coefficient (Wildman–Crippen LogP) is 1.59. The number of benzene rings is 1. The van der Waals surface area contributed by atoms with Gasteiger partial charge in [0.25, 0.3) is 0 Å². The summed E-state index contributed by atoms with van der Waals surface area (Å²) in [6, 6.07) is 4.76. The first-order valence-corrected chi connectivity index (χ1v) is 7.40. The molecule has 1 atom stereocenters. The summed E-state index contributed by atoms with van der Waals surface area (Å²) in [5, 5.41) is 2.98. The van der Waals surface area contributed by atoms with Crippen LogP contribution < -0.4 is 10.2 Å². The van der Waals surface area contributed by atoms with Crippen molar-refractivity contribution in [3.05, 3.63) is 29.6 Å². The fourth-order valence-corrected chi connectivity index (χ4v) is 2.64. The smallest absolute Gasteiger partial charge is 0.227 e. The maximum atomic E-state index is 14.0. The van der Waals surface area contributed by atoms with E-state index in [0.717, 1.165) is 5.56 Å². The number of carbonyl (C=O) groups is 2. The van der Waals surface area contributed by atoms with Crippen LogP contribution in [0.2, 0.25) is 0 Å². The lowest BCUT2D eigenvalue weighted by Crippen LogP contribution is -2.38. The summed E-state index contributed by atoms with van der Waals surface area (Å²) in [6.07, 6.45) is 0.135. The molecule has 1 aliphatic heterocycles. The van der Waals surface area contributed by atoms with E-state index in [1.807, 2.05) is 7.05 Å². The molecule has 1 aromatic carbocycles. The van der Waals surface area contributed by atoms with Gasteiger partial charge in [-0.1, -0.05) is 6.07 Å². The topological polar surface area (TPSA) is 52.7 Å². The van der Waals surface area contributed by atoms with Crippen LogP contribution in [0, 0.1) is 18.7 Å². The summed E-state index contributed by atoms with van der Waals surface area (Å²) in [5.74, 6) is -1.11. The summed E-state index contributed by atoms with van der Waals surface area (Å²) in [6.45, 7) is 3.31. The Labute approximate surface area is 142 Å². The molecule has 1 aliphatic rings. The Morgan fingerprint density at radius 3 is 2.78 bits per heavy atom. The number of amides is 2. The minimum absolute atomic E-state index is 0. The molecule has 1 aromatic rings. The van der Waals surface area contributed by atoms with Crippen molar-refractivity contribution < 1.29 is 14.0 Å². The Morgan fingerprint density at radius 1 is 1.48 bits per heavy atom. The van der Waals surface area contributed by atoms with Crippen LogP contribution in [0.4, 0.5) is 10.1 Å². The number of nitrogens with zero attached hydrogens (tertiary/aromatic N) is 2. The lowest BCUT2D eigenvalue weighted by molar-refractivity contribution is -0.134. The van der Waals surface area contributed by atoms with Gasteiger partial charge < -0.3 is 15.1 Å². The van der Waals surface area contributed by atoms with Crippen LogP contribution in [0.5, 0.6) is 0 Å². The van der Waals surface area contributed by atoms with Crippen LogP contribution in [0.3, 0.4) is 0 Å². The molecule has 1 heterocycles. The van der Waals surface area contributed by atoms with Crippen LogP contribution in [-0.4, -0.2) is 50.4 Å². The van der Waals surface area contributed by atoms with E-state index in [9.17, 15) is 14.0 Å². The summed E-state index contributed by atoms with van der Waals surface area (Å²) in [4.78, 5) is 27.5. The molecule has 2 rings (SSSR count). The van der Waals surface area contributed by atoms with Crippen molar-refractivity contribution in [2.75, 3.05) is 38.6 Å². The minimum atomic E-state index is -0.426. The van der Waals surface area contributed by atoms with E-state index in [4.69, 9.17) is 0 Å². The van der Waals surface area contributed by atoms with Gasteiger partial charge in [0.15, 0.2) is 0 Å². The van der Waals surface area contributed by atoms with E-state index in [1.54, 1.807) is 31.0 Å². The molecule has 0 radical (unpaired) electrons. The third kappa shape index (κ3) is 4.42. The van der Waals surface area contributed by atoms with E-state index in [2.05, 4.69) is 5.32 Å². The largest absolute Gasteiger partial charge is 0.344 e. The van der Waals surface area contributed by atoms with Crippen LogP contribution >= 0.6 is 12.4 Å². The molecule has 128 valence electrons. The average Bonchev–Trinajstić information content (AvgIpc) is 2.85. The Hall–Kier alpha value is -1.66. The minimum Gasteiger partial charge on any atom is -0.344 e. The highest BCUT2D eigenvalue weighted by Gasteiger charge is 2.37. The first-order chi connectivity index (χ1) is 10.4. The number of carbonyl (C=O) groups excluding carboxylic acids is 2. The molecular formula is C16H23ClFN3O2. The first kappa shape index (κ1) is 19.4. The Morgan fingerprint density at radius 2 is 2.17 bits per heavy atom. The van der Waals surface area contributed by atoms with E-state index in [-0.39, 0.29) is 42.9 Å². The van der Waals surface area contributed by atoms with E-state index in [1.165, 1.54) is 11.0 Å². The third-order valence-electron chi connectivity index (χ3n) is 3.94. The lowest BCUT2D eigenvalue weighted by Gasteiger charge is -2.21. The van der Waals surface area contributed by atoms with Gasteiger partial charge in [-0.3, -0.25) is 9.59 Å². The molecule has 0 aromatic heterocycles.